The van der Waals surface area contributed by atoms with E-state index in [4.69, 9.17) is 19.9 Å². The van der Waals surface area contributed by atoms with Gasteiger partial charge in [-0.15, -0.1) is 0 Å². The van der Waals surface area contributed by atoms with Crippen LogP contribution in [0.3, 0.4) is 0 Å². The lowest BCUT2D eigenvalue weighted by Gasteiger charge is -2.24. The molecule has 1 atom stereocenters. The fourth-order valence-electron chi connectivity index (χ4n) is 1.81. The molecule has 1 unspecified atom stereocenters. The molecule has 0 radical (unpaired) electrons. The molecule has 1 aliphatic heterocycles. The molecule has 0 aromatic carbocycles. The Kier molecular flexibility index (Phi) is 6.17. The van der Waals surface area contributed by atoms with Crippen LogP contribution in [0.25, 0.3) is 0 Å². The minimum absolute atomic E-state index is 0.182. The Hall–Kier alpha value is -0.160. The quantitative estimate of drug-likeness (QED) is 0.611. The van der Waals surface area contributed by atoms with E-state index >= 15 is 0 Å². The van der Waals surface area contributed by atoms with Crippen molar-refractivity contribution < 1.29 is 14.2 Å². The normalized spacial score (nSPS) is 26.0. The molecule has 0 saturated carbocycles. The molecule has 1 aliphatic rings. The Balaban J connectivity index is 2.02. The van der Waals surface area contributed by atoms with Gasteiger partial charge in [0.25, 0.3) is 0 Å². The molecule has 0 bridgehead atoms. The van der Waals surface area contributed by atoms with Crippen molar-refractivity contribution in [1.29, 1.82) is 0 Å². The van der Waals surface area contributed by atoms with Crippen LogP contribution in [-0.4, -0.2) is 46.7 Å². The zero-order chi connectivity index (χ0) is 11.0. The van der Waals surface area contributed by atoms with Gasteiger partial charge >= 0.3 is 0 Å². The second-order valence-electron chi connectivity index (χ2n) is 4.22. The average Bonchev–Trinajstić information content (AvgIpc) is 2.73. The van der Waals surface area contributed by atoms with Gasteiger partial charge in [-0.2, -0.15) is 0 Å². The molecule has 0 aromatic heterocycles. The van der Waals surface area contributed by atoms with Gasteiger partial charge in [0, 0.05) is 45.5 Å². The van der Waals surface area contributed by atoms with Crippen molar-refractivity contribution >= 4 is 0 Å². The standard InChI is InChI=1S/C11H23NO3/c1-13-5-2-6-14-7-3-11(9-12)4-8-15-10-11/h2-10,12H2,1H3. The van der Waals surface area contributed by atoms with Crippen LogP contribution in [0.1, 0.15) is 19.3 Å². The molecule has 90 valence electrons. The second-order valence-corrected chi connectivity index (χ2v) is 4.22. The number of hydrogen-bond acceptors (Lipinski definition) is 4. The molecule has 0 amide bonds. The minimum atomic E-state index is 0.182. The molecule has 0 aliphatic carbocycles. The summed E-state index contributed by atoms with van der Waals surface area (Å²) in [6.45, 7) is 4.67. The molecule has 1 rings (SSSR count). The van der Waals surface area contributed by atoms with Crippen LogP contribution in [0.2, 0.25) is 0 Å². The van der Waals surface area contributed by atoms with Crippen LogP contribution in [0, 0.1) is 5.41 Å². The zero-order valence-electron chi connectivity index (χ0n) is 9.67. The molecule has 1 saturated heterocycles. The van der Waals surface area contributed by atoms with Crippen molar-refractivity contribution in [3.63, 3.8) is 0 Å². The summed E-state index contributed by atoms with van der Waals surface area (Å²) in [5, 5.41) is 0. The molecule has 4 heteroatoms. The van der Waals surface area contributed by atoms with Crippen molar-refractivity contribution in [2.24, 2.45) is 11.1 Å². The minimum Gasteiger partial charge on any atom is -0.385 e. The van der Waals surface area contributed by atoms with Crippen molar-refractivity contribution in [1.82, 2.24) is 0 Å². The number of rotatable bonds is 8. The van der Waals surface area contributed by atoms with E-state index in [9.17, 15) is 0 Å². The molecular weight excluding hydrogens is 194 g/mol. The highest BCUT2D eigenvalue weighted by atomic mass is 16.5. The summed E-state index contributed by atoms with van der Waals surface area (Å²) in [4.78, 5) is 0. The van der Waals surface area contributed by atoms with E-state index in [0.717, 1.165) is 52.3 Å². The van der Waals surface area contributed by atoms with E-state index in [-0.39, 0.29) is 5.41 Å². The Labute approximate surface area is 92.1 Å². The Morgan fingerprint density at radius 2 is 2.20 bits per heavy atom. The first-order valence-electron chi connectivity index (χ1n) is 5.67. The lowest BCUT2D eigenvalue weighted by molar-refractivity contribution is 0.0706. The van der Waals surface area contributed by atoms with E-state index in [1.165, 1.54) is 0 Å². The molecule has 15 heavy (non-hydrogen) atoms. The predicted molar refractivity (Wildman–Crippen MR) is 58.9 cm³/mol. The van der Waals surface area contributed by atoms with Crippen LogP contribution < -0.4 is 5.73 Å². The molecule has 1 heterocycles. The molecule has 4 nitrogen and oxygen atoms in total. The van der Waals surface area contributed by atoms with Crippen LogP contribution >= 0.6 is 0 Å². The average molecular weight is 217 g/mol. The summed E-state index contributed by atoms with van der Waals surface area (Å²) >= 11 is 0. The van der Waals surface area contributed by atoms with E-state index < -0.39 is 0 Å². The first-order chi connectivity index (χ1) is 7.33. The van der Waals surface area contributed by atoms with Gasteiger partial charge in [0.2, 0.25) is 0 Å². The van der Waals surface area contributed by atoms with Crippen LogP contribution in [-0.2, 0) is 14.2 Å². The van der Waals surface area contributed by atoms with Gasteiger partial charge < -0.3 is 19.9 Å². The van der Waals surface area contributed by atoms with Gasteiger partial charge in [-0.1, -0.05) is 0 Å². The van der Waals surface area contributed by atoms with Gasteiger partial charge in [0.1, 0.15) is 0 Å². The highest BCUT2D eigenvalue weighted by Gasteiger charge is 2.32. The predicted octanol–water partition coefficient (Wildman–Crippen LogP) is 0.795. The lowest BCUT2D eigenvalue weighted by atomic mass is 9.84. The lowest BCUT2D eigenvalue weighted by Crippen LogP contribution is -2.32. The summed E-state index contributed by atoms with van der Waals surface area (Å²) in [6, 6.07) is 0. The molecule has 2 N–H and O–H groups in total. The molecule has 0 aromatic rings. The third-order valence-electron chi connectivity index (χ3n) is 3.03. The number of methoxy groups -OCH3 is 1. The fourth-order valence-corrected chi connectivity index (χ4v) is 1.81. The summed E-state index contributed by atoms with van der Waals surface area (Å²) < 4.78 is 15.9. The maximum atomic E-state index is 5.78. The maximum Gasteiger partial charge on any atom is 0.0536 e. The Morgan fingerprint density at radius 1 is 1.33 bits per heavy atom. The molecule has 0 spiro atoms. The Bertz CT molecular complexity index is 158. The van der Waals surface area contributed by atoms with E-state index in [1.807, 2.05) is 0 Å². The summed E-state index contributed by atoms with van der Waals surface area (Å²) in [6.07, 6.45) is 3.05. The summed E-state index contributed by atoms with van der Waals surface area (Å²) in [5.41, 5.74) is 5.96. The fraction of sp³-hybridized carbons (Fsp3) is 1.00. The smallest absolute Gasteiger partial charge is 0.0536 e. The van der Waals surface area contributed by atoms with Crippen molar-refractivity contribution in [2.45, 2.75) is 19.3 Å². The van der Waals surface area contributed by atoms with E-state index in [2.05, 4.69) is 0 Å². The van der Waals surface area contributed by atoms with Crippen LogP contribution in [0.5, 0.6) is 0 Å². The third kappa shape index (κ3) is 4.47. The number of nitrogens with two attached hydrogens (primary N) is 1. The summed E-state index contributed by atoms with van der Waals surface area (Å²) in [7, 11) is 1.71. The second kappa shape index (κ2) is 7.17. The number of ether oxygens (including phenoxy) is 3. The van der Waals surface area contributed by atoms with Crippen molar-refractivity contribution in [2.75, 3.05) is 46.7 Å². The SMILES string of the molecule is COCCCOCCC1(CN)CCOC1. The van der Waals surface area contributed by atoms with Crippen molar-refractivity contribution in [3.8, 4) is 0 Å². The molecule has 1 fully saturated rings. The van der Waals surface area contributed by atoms with Gasteiger partial charge in [0.15, 0.2) is 0 Å². The largest absolute Gasteiger partial charge is 0.385 e. The molecular formula is C11H23NO3. The Morgan fingerprint density at radius 3 is 2.80 bits per heavy atom. The third-order valence-corrected chi connectivity index (χ3v) is 3.03. The van der Waals surface area contributed by atoms with E-state index in [0.29, 0.717) is 6.54 Å². The highest BCUT2D eigenvalue weighted by Crippen LogP contribution is 2.30. The van der Waals surface area contributed by atoms with E-state index in [1.54, 1.807) is 7.11 Å². The zero-order valence-corrected chi connectivity index (χ0v) is 9.67. The topological polar surface area (TPSA) is 53.7 Å². The first kappa shape index (κ1) is 12.9. The van der Waals surface area contributed by atoms with Crippen LogP contribution in [0.15, 0.2) is 0 Å². The monoisotopic (exact) mass is 217 g/mol. The first-order valence-corrected chi connectivity index (χ1v) is 5.67. The van der Waals surface area contributed by atoms with Gasteiger partial charge in [-0.3, -0.25) is 0 Å². The number of hydrogen-bond donors (Lipinski definition) is 1. The van der Waals surface area contributed by atoms with Crippen molar-refractivity contribution in [3.05, 3.63) is 0 Å². The summed E-state index contributed by atoms with van der Waals surface area (Å²) in [5.74, 6) is 0. The van der Waals surface area contributed by atoms with Gasteiger partial charge in [-0.25, -0.2) is 0 Å². The van der Waals surface area contributed by atoms with Gasteiger partial charge in [0.05, 0.1) is 6.61 Å². The highest BCUT2D eigenvalue weighted by molar-refractivity contribution is 4.83. The van der Waals surface area contributed by atoms with Gasteiger partial charge in [-0.05, 0) is 19.3 Å². The maximum absolute atomic E-state index is 5.78. The van der Waals surface area contributed by atoms with Crippen LogP contribution in [0.4, 0.5) is 0 Å².